The van der Waals surface area contributed by atoms with Gasteiger partial charge in [0.2, 0.25) is 0 Å². The van der Waals surface area contributed by atoms with Crippen LogP contribution < -0.4 is 5.32 Å². The highest BCUT2D eigenvalue weighted by molar-refractivity contribution is 5.84. The Hall–Kier alpha value is -0.410. The number of Topliss-reactive ketones (excluding diaryl/α,β-unsaturated/α-hetero) is 1. The van der Waals surface area contributed by atoms with Crippen LogP contribution in [-0.2, 0) is 4.79 Å². The molecule has 4 aliphatic carbocycles. The summed E-state index contributed by atoms with van der Waals surface area (Å²) in [6, 6.07) is 0. The average molecular weight is 387 g/mol. The predicted octanol–water partition coefficient (Wildman–Crippen LogP) is 4.37. The van der Waals surface area contributed by atoms with E-state index in [1.807, 2.05) is 0 Å². The van der Waals surface area contributed by atoms with Crippen LogP contribution in [0.3, 0.4) is 0 Å². The minimum Gasteiger partial charge on any atom is -0.314 e. The molecule has 8 unspecified atom stereocenters. The number of nitrogens with zero attached hydrogens (tertiary/aromatic N) is 1. The third kappa shape index (κ3) is 3.29. The largest absolute Gasteiger partial charge is 0.314 e. The van der Waals surface area contributed by atoms with Gasteiger partial charge in [0.25, 0.3) is 0 Å². The first-order chi connectivity index (χ1) is 13.6. The lowest BCUT2D eigenvalue weighted by Gasteiger charge is -2.56. The molecule has 3 heteroatoms. The summed E-state index contributed by atoms with van der Waals surface area (Å²) in [4.78, 5) is 15.7. The molecule has 1 heterocycles. The van der Waals surface area contributed by atoms with Crippen molar-refractivity contribution in [3.8, 4) is 0 Å². The fraction of sp³-hybridized carbons (Fsp3) is 0.960. The van der Waals surface area contributed by atoms with Crippen LogP contribution in [0.15, 0.2) is 0 Å². The van der Waals surface area contributed by atoms with Crippen LogP contribution >= 0.6 is 0 Å². The van der Waals surface area contributed by atoms with E-state index in [1.54, 1.807) is 0 Å². The molecule has 4 saturated carbocycles. The molecular formula is C25H42N2O. The number of piperazine rings is 1. The summed E-state index contributed by atoms with van der Waals surface area (Å²) >= 11 is 0. The first-order valence-electron chi connectivity index (χ1n) is 12.5. The monoisotopic (exact) mass is 386 g/mol. The van der Waals surface area contributed by atoms with E-state index in [9.17, 15) is 4.79 Å². The van der Waals surface area contributed by atoms with Crippen molar-refractivity contribution in [3.05, 3.63) is 0 Å². The Labute approximate surface area is 172 Å². The molecule has 5 aliphatic rings. The molecule has 5 rings (SSSR count). The van der Waals surface area contributed by atoms with Crippen LogP contribution in [0, 0.1) is 46.8 Å². The minimum atomic E-state index is 0.307. The first kappa shape index (κ1) is 19.5. The fourth-order valence-electron chi connectivity index (χ4n) is 8.82. The Bertz CT molecular complexity index is 585. The maximum absolute atomic E-state index is 13.3. The second kappa shape index (κ2) is 7.69. The Kier molecular flexibility index (Phi) is 5.37. The molecular weight excluding hydrogens is 344 g/mol. The molecule has 158 valence electrons. The van der Waals surface area contributed by atoms with Gasteiger partial charge in [-0.2, -0.15) is 0 Å². The van der Waals surface area contributed by atoms with Crippen molar-refractivity contribution in [1.82, 2.24) is 10.2 Å². The molecule has 0 aromatic heterocycles. The van der Waals surface area contributed by atoms with Gasteiger partial charge >= 0.3 is 0 Å². The van der Waals surface area contributed by atoms with Gasteiger partial charge in [-0.25, -0.2) is 0 Å². The number of fused-ring (bicyclic) bond motifs is 5. The van der Waals surface area contributed by atoms with E-state index in [0.29, 0.717) is 23.7 Å². The smallest absolute Gasteiger partial charge is 0.150 e. The molecule has 1 aliphatic heterocycles. The molecule has 0 bridgehead atoms. The van der Waals surface area contributed by atoms with Crippen molar-refractivity contribution in [2.45, 2.75) is 71.6 Å². The van der Waals surface area contributed by atoms with E-state index in [2.05, 4.69) is 24.1 Å². The zero-order chi connectivity index (χ0) is 19.3. The van der Waals surface area contributed by atoms with Gasteiger partial charge in [-0.1, -0.05) is 20.3 Å². The van der Waals surface area contributed by atoms with Crippen LogP contribution in [0.4, 0.5) is 0 Å². The van der Waals surface area contributed by atoms with Crippen molar-refractivity contribution < 1.29 is 4.79 Å². The topological polar surface area (TPSA) is 32.3 Å². The van der Waals surface area contributed by atoms with Gasteiger partial charge in [0, 0.05) is 32.1 Å². The summed E-state index contributed by atoms with van der Waals surface area (Å²) in [6.07, 6.45) is 12.7. The van der Waals surface area contributed by atoms with Gasteiger partial charge in [0.1, 0.15) is 5.78 Å². The van der Waals surface area contributed by atoms with Crippen LogP contribution in [0.1, 0.15) is 71.6 Å². The van der Waals surface area contributed by atoms with Gasteiger partial charge in [0.15, 0.2) is 0 Å². The number of carbonyl (C=O) groups is 1. The van der Waals surface area contributed by atoms with E-state index < -0.39 is 0 Å². The minimum absolute atomic E-state index is 0.307. The zero-order valence-electron chi connectivity index (χ0n) is 18.3. The molecule has 1 N–H and O–H groups in total. The molecule has 0 aromatic rings. The Morgan fingerprint density at radius 3 is 2.57 bits per heavy atom. The maximum atomic E-state index is 13.3. The summed E-state index contributed by atoms with van der Waals surface area (Å²) < 4.78 is 0. The molecule has 0 aromatic carbocycles. The molecule has 8 atom stereocenters. The molecule has 0 amide bonds. The average Bonchev–Trinajstić information content (AvgIpc) is 3.05. The number of nitrogens with one attached hydrogen (secondary N) is 1. The molecule has 0 radical (unpaired) electrons. The molecule has 28 heavy (non-hydrogen) atoms. The standard InChI is InChI=1S/C25H42N2O/c1-17-3-5-19-18(15-17)4-6-21-20(19)9-10-25(2)22(21)7-8-23(25)24(28)16-27-13-11-26-12-14-27/h17-23,26H,3-16H2,1-2H3. The normalized spacial score (nSPS) is 49.1. The van der Waals surface area contributed by atoms with Crippen molar-refractivity contribution in [2.24, 2.45) is 46.8 Å². The highest BCUT2D eigenvalue weighted by Crippen LogP contribution is 2.64. The van der Waals surface area contributed by atoms with Crippen LogP contribution in [0.5, 0.6) is 0 Å². The van der Waals surface area contributed by atoms with Crippen LogP contribution in [0.2, 0.25) is 0 Å². The van der Waals surface area contributed by atoms with Crippen molar-refractivity contribution >= 4 is 5.78 Å². The van der Waals surface area contributed by atoms with E-state index in [4.69, 9.17) is 0 Å². The van der Waals surface area contributed by atoms with Gasteiger partial charge < -0.3 is 5.32 Å². The van der Waals surface area contributed by atoms with E-state index in [1.165, 1.54) is 57.8 Å². The van der Waals surface area contributed by atoms with Gasteiger partial charge in [-0.05, 0) is 92.3 Å². The molecule has 5 fully saturated rings. The van der Waals surface area contributed by atoms with E-state index in [-0.39, 0.29) is 0 Å². The van der Waals surface area contributed by atoms with Crippen molar-refractivity contribution in [2.75, 3.05) is 32.7 Å². The summed E-state index contributed by atoms with van der Waals surface area (Å²) in [5.74, 6) is 6.70. The quantitative estimate of drug-likeness (QED) is 0.782. The number of carbonyl (C=O) groups excluding carboxylic acids is 1. The predicted molar refractivity (Wildman–Crippen MR) is 114 cm³/mol. The van der Waals surface area contributed by atoms with Crippen molar-refractivity contribution in [3.63, 3.8) is 0 Å². The number of rotatable bonds is 3. The molecule has 0 spiro atoms. The van der Waals surface area contributed by atoms with E-state index in [0.717, 1.165) is 61.7 Å². The van der Waals surface area contributed by atoms with Gasteiger partial charge in [0.05, 0.1) is 6.54 Å². The second-order valence-corrected chi connectivity index (χ2v) is 11.5. The Balaban J connectivity index is 1.28. The van der Waals surface area contributed by atoms with Crippen LogP contribution in [0.25, 0.3) is 0 Å². The number of hydrogen-bond acceptors (Lipinski definition) is 3. The summed E-state index contributed by atoms with van der Waals surface area (Å²) in [5.41, 5.74) is 0.307. The first-order valence-corrected chi connectivity index (χ1v) is 12.5. The molecule has 3 nitrogen and oxygen atoms in total. The van der Waals surface area contributed by atoms with Crippen LogP contribution in [-0.4, -0.2) is 43.4 Å². The highest BCUT2D eigenvalue weighted by Gasteiger charge is 2.58. The summed E-state index contributed by atoms with van der Waals surface area (Å²) in [6.45, 7) is 9.90. The highest BCUT2D eigenvalue weighted by atomic mass is 16.1. The maximum Gasteiger partial charge on any atom is 0.150 e. The summed E-state index contributed by atoms with van der Waals surface area (Å²) in [7, 11) is 0. The van der Waals surface area contributed by atoms with Gasteiger partial charge in [-0.15, -0.1) is 0 Å². The Morgan fingerprint density at radius 1 is 0.964 bits per heavy atom. The SMILES string of the molecule is CC1CCC2C(CCC3C2CCC2(C)C(C(=O)CN4CCNCC4)CCC32)C1. The van der Waals surface area contributed by atoms with Gasteiger partial charge in [-0.3, -0.25) is 9.69 Å². The lowest BCUT2D eigenvalue weighted by atomic mass is 9.49. The Morgan fingerprint density at radius 2 is 1.75 bits per heavy atom. The van der Waals surface area contributed by atoms with Crippen molar-refractivity contribution in [1.29, 1.82) is 0 Å². The lowest BCUT2D eigenvalue weighted by Crippen LogP contribution is -2.51. The second-order valence-electron chi connectivity index (χ2n) is 11.5. The summed E-state index contributed by atoms with van der Waals surface area (Å²) in [5, 5.41) is 3.41. The third-order valence-electron chi connectivity index (χ3n) is 10.2. The zero-order valence-corrected chi connectivity index (χ0v) is 18.3. The number of ketones is 1. The lowest BCUT2D eigenvalue weighted by molar-refractivity contribution is -0.131. The number of hydrogen-bond donors (Lipinski definition) is 1. The fourth-order valence-corrected chi connectivity index (χ4v) is 8.82. The molecule has 1 saturated heterocycles. The van der Waals surface area contributed by atoms with E-state index >= 15 is 0 Å². The third-order valence-corrected chi connectivity index (χ3v) is 10.2.